The Labute approximate surface area is 177 Å². The fourth-order valence-electron chi connectivity index (χ4n) is 2.90. The minimum atomic E-state index is -0.390. The van der Waals surface area contributed by atoms with Gasteiger partial charge in [0.15, 0.2) is 6.61 Å². The number of benzene rings is 3. The Morgan fingerprint density at radius 1 is 1.00 bits per heavy atom. The Morgan fingerprint density at radius 3 is 2.43 bits per heavy atom. The zero-order chi connectivity index (χ0) is 20.9. The molecule has 0 aliphatic carbocycles. The smallest absolute Gasteiger partial charge is 0.263 e. The quantitative estimate of drug-likeness (QED) is 0.456. The monoisotopic (exact) mass is 421 g/mol. The van der Waals surface area contributed by atoms with Crippen LogP contribution in [0.2, 0.25) is 5.02 Å². The molecule has 0 radical (unpaired) electrons. The van der Waals surface area contributed by atoms with Gasteiger partial charge in [-0.2, -0.15) is 5.10 Å². The third-order valence-electron chi connectivity index (χ3n) is 4.31. The molecule has 30 heavy (non-hydrogen) atoms. The van der Waals surface area contributed by atoms with Crippen molar-refractivity contribution in [1.29, 1.82) is 0 Å². The highest BCUT2D eigenvalue weighted by Crippen LogP contribution is 2.26. The van der Waals surface area contributed by atoms with E-state index in [0.717, 1.165) is 5.69 Å². The maximum atomic E-state index is 14.3. The fourth-order valence-corrected chi connectivity index (χ4v) is 3.02. The van der Waals surface area contributed by atoms with Crippen LogP contribution < -0.4 is 10.1 Å². The third kappa shape index (κ3) is 4.50. The molecular formula is C23H17ClFN3O2. The van der Waals surface area contributed by atoms with Crippen molar-refractivity contribution in [2.45, 2.75) is 0 Å². The molecule has 0 spiro atoms. The number of anilines is 1. The molecule has 1 aromatic heterocycles. The average molecular weight is 422 g/mol. The van der Waals surface area contributed by atoms with Crippen LogP contribution in [0.25, 0.3) is 16.9 Å². The van der Waals surface area contributed by atoms with Crippen molar-refractivity contribution >= 4 is 23.3 Å². The molecule has 4 aromatic rings. The van der Waals surface area contributed by atoms with Crippen LogP contribution >= 0.6 is 11.6 Å². The minimum Gasteiger partial charge on any atom is -0.484 e. The molecule has 0 aliphatic heterocycles. The Balaban J connectivity index is 1.58. The molecule has 0 bridgehead atoms. The van der Waals surface area contributed by atoms with E-state index in [9.17, 15) is 9.18 Å². The summed E-state index contributed by atoms with van der Waals surface area (Å²) >= 11 is 5.85. The predicted octanol–water partition coefficient (Wildman–Crippen LogP) is 5.35. The molecular weight excluding hydrogens is 405 g/mol. The van der Waals surface area contributed by atoms with Gasteiger partial charge in [-0.15, -0.1) is 0 Å². The van der Waals surface area contributed by atoms with E-state index in [1.54, 1.807) is 53.2 Å². The van der Waals surface area contributed by atoms with Gasteiger partial charge in [0.05, 0.1) is 11.4 Å². The van der Waals surface area contributed by atoms with Crippen molar-refractivity contribution in [2.24, 2.45) is 0 Å². The number of nitrogens with one attached hydrogen (secondary N) is 1. The first-order valence-electron chi connectivity index (χ1n) is 9.19. The van der Waals surface area contributed by atoms with Crippen LogP contribution in [-0.4, -0.2) is 22.3 Å². The minimum absolute atomic E-state index is 0.198. The van der Waals surface area contributed by atoms with Crippen molar-refractivity contribution in [2.75, 3.05) is 11.9 Å². The molecule has 0 saturated carbocycles. The van der Waals surface area contributed by atoms with E-state index in [0.29, 0.717) is 27.8 Å². The van der Waals surface area contributed by atoms with Crippen LogP contribution in [0.15, 0.2) is 84.9 Å². The number of ether oxygens (including phenoxy) is 1. The highest BCUT2D eigenvalue weighted by molar-refractivity contribution is 6.30. The SMILES string of the molecule is O=C(COc1ccc(Cl)cc1)Nc1cc(-c2ccccc2F)nn1-c1ccccc1. The Morgan fingerprint density at radius 2 is 1.70 bits per heavy atom. The molecule has 1 N–H and O–H groups in total. The van der Waals surface area contributed by atoms with Crippen LogP contribution in [-0.2, 0) is 4.79 Å². The summed E-state index contributed by atoms with van der Waals surface area (Å²) in [6.45, 7) is -0.198. The summed E-state index contributed by atoms with van der Waals surface area (Å²) in [5.74, 6) is 0.170. The number of hydrogen-bond donors (Lipinski definition) is 1. The Bertz CT molecular complexity index is 1160. The van der Waals surface area contributed by atoms with E-state index in [1.165, 1.54) is 6.07 Å². The summed E-state index contributed by atoms with van der Waals surface area (Å²) < 4.78 is 21.3. The number of hydrogen-bond acceptors (Lipinski definition) is 3. The molecule has 0 aliphatic rings. The topological polar surface area (TPSA) is 56.1 Å². The number of halogens is 2. The summed E-state index contributed by atoms with van der Waals surface area (Å²) in [6.07, 6.45) is 0. The molecule has 1 heterocycles. The van der Waals surface area contributed by atoms with Crippen LogP contribution in [0.4, 0.5) is 10.2 Å². The molecule has 4 rings (SSSR count). The molecule has 0 atom stereocenters. The maximum Gasteiger partial charge on any atom is 0.263 e. The van der Waals surface area contributed by atoms with E-state index in [-0.39, 0.29) is 18.3 Å². The number of carbonyl (C=O) groups excluding carboxylic acids is 1. The van der Waals surface area contributed by atoms with E-state index in [2.05, 4.69) is 10.4 Å². The van der Waals surface area contributed by atoms with Gasteiger partial charge < -0.3 is 10.1 Å². The van der Waals surface area contributed by atoms with Gasteiger partial charge in [-0.3, -0.25) is 4.79 Å². The molecule has 5 nitrogen and oxygen atoms in total. The Kier molecular flexibility index (Phi) is 5.77. The number of para-hydroxylation sites is 1. The highest BCUT2D eigenvalue weighted by Gasteiger charge is 2.16. The molecule has 150 valence electrons. The molecule has 3 aromatic carbocycles. The lowest BCUT2D eigenvalue weighted by molar-refractivity contribution is -0.118. The zero-order valence-corrected chi connectivity index (χ0v) is 16.5. The number of nitrogens with zero attached hydrogens (tertiary/aromatic N) is 2. The second-order valence-corrected chi connectivity index (χ2v) is 6.87. The summed E-state index contributed by atoms with van der Waals surface area (Å²) in [5.41, 5.74) is 1.49. The van der Waals surface area contributed by atoms with Crippen molar-refractivity contribution < 1.29 is 13.9 Å². The first-order chi connectivity index (χ1) is 14.6. The van der Waals surface area contributed by atoms with Crippen molar-refractivity contribution in [3.63, 3.8) is 0 Å². The van der Waals surface area contributed by atoms with Crippen LogP contribution in [0.5, 0.6) is 5.75 Å². The molecule has 1 amide bonds. The van der Waals surface area contributed by atoms with Crippen LogP contribution in [0, 0.1) is 5.82 Å². The van der Waals surface area contributed by atoms with Gasteiger partial charge in [0, 0.05) is 16.7 Å². The number of carbonyl (C=O) groups is 1. The summed E-state index contributed by atoms with van der Waals surface area (Å²) in [7, 11) is 0. The molecule has 0 fully saturated rings. The molecule has 0 saturated heterocycles. The zero-order valence-electron chi connectivity index (χ0n) is 15.8. The first kappa shape index (κ1) is 19.7. The average Bonchev–Trinajstić information content (AvgIpc) is 3.17. The van der Waals surface area contributed by atoms with E-state index >= 15 is 0 Å². The lowest BCUT2D eigenvalue weighted by Crippen LogP contribution is -2.21. The van der Waals surface area contributed by atoms with E-state index in [4.69, 9.17) is 16.3 Å². The van der Waals surface area contributed by atoms with Gasteiger partial charge in [-0.05, 0) is 48.5 Å². The number of aromatic nitrogens is 2. The van der Waals surface area contributed by atoms with Gasteiger partial charge in [-0.25, -0.2) is 9.07 Å². The van der Waals surface area contributed by atoms with Crippen molar-refractivity contribution in [1.82, 2.24) is 9.78 Å². The maximum absolute atomic E-state index is 14.3. The van der Waals surface area contributed by atoms with Gasteiger partial charge in [0.1, 0.15) is 17.4 Å². The van der Waals surface area contributed by atoms with Gasteiger partial charge in [-0.1, -0.05) is 41.9 Å². The standard InChI is InChI=1S/C23H17ClFN3O2/c24-16-10-12-18(13-11-16)30-15-23(29)26-22-14-21(19-8-4-5-9-20(19)25)27-28(22)17-6-2-1-3-7-17/h1-14H,15H2,(H,26,29). The molecule has 0 unspecified atom stereocenters. The van der Waals surface area contributed by atoms with Crippen molar-refractivity contribution in [3.8, 4) is 22.7 Å². The second kappa shape index (κ2) is 8.80. The predicted molar refractivity (Wildman–Crippen MR) is 115 cm³/mol. The van der Waals surface area contributed by atoms with Gasteiger partial charge >= 0.3 is 0 Å². The fraction of sp³-hybridized carbons (Fsp3) is 0.0435. The van der Waals surface area contributed by atoms with E-state index < -0.39 is 0 Å². The van der Waals surface area contributed by atoms with Gasteiger partial charge in [0.2, 0.25) is 0 Å². The number of rotatable bonds is 6. The summed E-state index contributed by atoms with van der Waals surface area (Å²) in [4.78, 5) is 12.5. The van der Waals surface area contributed by atoms with Crippen LogP contribution in [0.1, 0.15) is 0 Å². The van der Waals surface area contributed by atoms with E-state index in [1.807, 2.05) is 30.3 Å². The van der Waals surface area contributed by atoms with Crippen molar-refractivity contribution in [3.05, 3.63) is 95.8 Å². The lowest BCUT2D eigenvalue weighted by Gasteiger charge is -2.10. The van der Waals surface area contributed by atoms with Gasteiger partial charge in [0.25, 0.3) is 5.91 Å². The normalized spacial score (nSPS) is 10.6. The number of amides is 1. The first-order valence-corrected chi connectivity index (χ1v) is 9.56. The molecule has 7 heteroatoms. The second-order valence-electron chi connectivity index (χ2n) is 6.43. The third-order valence-corrected chi connectivity index (χ3v) is 4.56. The lowest BCUT2D eigenvalue weighted by atomic mass is 10.1. The largest absolute Gasteiger partial charge is 0.484 e. The highest BCUT2D eigenvalue weighted by atomic mass is 35.5. The van der Waals surface area contributed by atoms with Crippen LogP contribution in [0.3, 0.4) is 0 Å². The summed E-state index contributed by atoms with van der Waals surface area (Å²) in [5, 5.41) is 7.87. The summed E-state index contributed by atoms with van der Waals surface area (Å²) in [6, 6.07) is 24.0. The Hall–Kier alpha value is -3.64.